The van der Waals surface area contributed by atoms with E-state index in [2.05, 4.69) is 21.2 Å². The molecule has 6 nitrogen and oxygen atoms in total. The third-order valence-corrected chi connectivity index (χ3v) is 3.48. The molecule has 0 saturated heterocycles. The fourth-order valence-electron chi connectivity index (χ4n) is 1.67. The monoisotopic (exact) mass is 382 g/mol. The second-order valence-corrected chi connectivity index (χ2v) is 5.86. The molecule has 0 spiro atoms. The van der Waals surface area contributed by atoms with Crippen molar-refractivity contribution in [3.8, 4) is 0 Å². The van der Waals surface area contributed by atoms with E-state index < -0.39 is 5.91 Å². The number of rotatable bonds is 3. The summed E-state index contributed by atoms with van der Waals surface area (Å²) >= 11 is 16.4. The van der Waals surface area contributed by atoms with Gasteiger partial charge in [0.15, 0.2) is 5.11 Å². The van der Waals surface area contributed by atoms with E-state index in [1.807, 2.05) is 0 Å². The molecule has 0 unspecified atom stereocenters. The molecular weight excluding hydrogens is 371 g/mol. The van der Waals surface area contributed by atoms with Crippen LogP contribution >= 0.6 is 35.4 Å². The van der Waals surface area contributed by atoms with E-state index in [4.69, 9.17) is 35.4 Å². The van der Waals surface area contributed by atoms with Gasteiger partial charge in [0.25, 0.3) is 5.91 Å². The smallest absolute Gasteiger partial charge is 0.257 e. The predicted octanol–water partition coefficient (Wildman–Crippen LogP) is 2.27. The number of nitrogens with zero attached hydrogens (tertiary/aromatic N) is 1. The molecule has 2 amide bonds. The molecule has 0 aliphatic carbocycles. The topological polar surface area (TPSA) is 83.1 Å². The maximum absolute atomic E-state index is 11.9. The average Bonchev–Trinajstić information content (AvgIpc) is 2.55. The molecule has 0 saturated carbocycles. The van der Waals surface area contributed by atoms with Crippen LogP contribution in [0.1, 0.15) is 15.9 Å². The first-order valence-electron chi connectivity index (χ1n) is 6.70. The van der Waals surface area contributed by atoms with Gasteiger partial charge in [0.2, 0.25) is 5.91 Å². The van der Waals surface area contributed by atoms with E-state index in [1.165, 1.54) is 6.20 Å². The Morgan fingerprint density at radius 1 is 1.04 bits per heavy atom. The second-order valence-electron chi connectivity index (χ2n) is 4.63. The number of aromatic nitrogens is 1. The Morgan fingerprint density at radius 2 is 1.75 bits per heavy atom. The van der Waals surface area contributed by atoms with Gasteiger partial charge in [0.05, 0.1) is 6.42 Å². The molecule has 3 N–H and O–H groups in total. The third-order valence-electron chi connectivity index (χ3n) is 2.80. The van der Waals surface area contributed by atoms with Gasteiger partial charge in [-0.1, -0.05) is 29.3 Å². The number of hydrogen-bond donors (Lipinski definition) is 3. The Kier molecular flexibility index (Phi) is 6.48. The fourth-order valence-corrected chi connectivity index (χ4v) is 2.06. The van der Waals surface area contributed by atoms with Gasteiger partial charge in [-0.3, -0.25) is 25.8 Å². The molecule has 0 aliphatic heterocycles. The minimum Gasteiger partial charge on any atom is -0.298 e. The first kappa shape index (κ1) is 18.1. The first-order chi connectivity index (χ1) is 11.4. The quantitative estimate of drug-likeness (QED) is 0.430. The number of nitrogens with one attached hydrogen (secondary N) is 3. The Bertz CT molecular complexity index is 751. The standard InChI is InChI=1S/C15H12Cl2N4O2S/c16-11-4-2-10(3-5-11)14(23)19-15(24)21-20-13(22)7-9-1-6-12(17)18-8-9/h1-6,8H,7H2,(H,20,22)(H2,19,21,23,24). The molecule has 9 heteroatoms. The van der Waals surface area contributed by atoms with Gasteiger partial charge >= 0.3 is 0 Å². The second kappa shape index (κ2) is 8.58. The lowest BCUT2D eigenvalue weighted by atomic mass is 10.2. The van der Waals surface area contributed by atoms with Gasteiger partial charge in [-0.15, -0.1) is 0 Å². The van der Waals surface area contributed by atoms with Crippen molar-refractivity contribution in [2.75, 3.05) is 0 Å². The average molecular weight is 383 g/mol. The number of carbonyl (C=O) groups excluding carboxylic acids is 2. The zero-order valence-electron chi connectivity index (χ0n) is 12.2. The molecule has 0 fully saturated rings. The number of hydrazine groups is 1. The molecule has 0 atom stereocenters. The molecule has 0 bridgehead atoms. The Hall–Kier alpha value is -2.22. The van der Waals surface area contributed by atoms with Crippen LogP contribution in [0.4, 0.5) is 0 Å². The van der Waals surface area contributed by atoms with Crippen LogP contribution in [-0.4, -0.2) is 21.9 Å². The van der Waals surface area contributed by atoms with Crippen LogP contribution in [0.25, 0.3) is 0 Å². The maximum Gasteiger partial charge on any atom is 0.257 e. The van der Waals surface area contributed by atoms with Crippen LogP contribution in [0.2, 0.25) is 10.2 Å². The molecule has 124 valence electrons. The molecule has 2 aromatic rings. The van der Waals surface area contributed by atoms with E-state index in [9.17, 15) is 9.59 Å². The highest BCUT2D eigenvalue weighted by Crippen LogP contribution is 2.09. The lowest BCUT2D eigenvalue weighted by molar-refractivity contribution is -0.121. The van der Waals surface area contributed by atoms with Crippen LogP contribution in [0.15, 0.2) is 42.6 Å². The molecule has 2 rings (SSSR count). The lowest BCUT2D eigenvalue weighted by Gasteiger charge is -2.10. The van der Waals surface area contributed by atoms with Gasteiger partial charge in [0, 0.05) is 16.8 Å². The summed E-state index contributed by atoms with van der Waals surface area (Å²) in [5.74, 6) is -0.762. The summed E-state index contributed by atoms with van der Waals surface area (Å²) < 4.78 is 0. The maximum atomic E-state index is 11.9. The normalized spacial score (nSPS) is 9.92. The van der Waals surface area contributed by atoms with Crippen molar-refractivity contribution in [2.24, 2.45) is 0 Å². The molecule has 24 heavy (non-hydrogen) atoms. The number of thiocarbonyl (C=S) groups is 1. The van der Waals surface area contributed by atoms with Gasteiger partial charge in [-0.25, -0.2) is 4.98 Å². The van der Waals surface area contributed by atoms with Crippen molar-refractivity contribution >= 4 is 52.3 Å². The van der Waals surface area contributed by atoms with Crippen molar-refractivity contribution in [1.29, 1.82) is 0 Å². The number of halogens is 2. The van der Waals surface area contributed by atoms with Gasteiger partial charge < -0.3 is 0 Å². The highest BCUT2D eigenvalue weighted by molar-refractivity contribution is 7.80. The summed E-state index contributed by atoms with van der Waals surface area (Å²) in [7, 11) is 0. The molecule has 1 aromatic carbocycles. The van der Waals surface area contributed by atoms with Crippen LogP contribution < -0.4 is 16.2 Å². The fraction of sp³-hybridized carbons (Fsp3) is 0.0667. The van der Waals surface area contributed by atoms with E-state index in [1.54, 1.807) is 36.4 Å². The summed E-state index contributed by atoms with van der Waals surface area (Å²) in [5, 5.41) is 3.28. The third kappa shape index (κ3) is 5.77. The highest BCUT2D eigenvalue weighted by atomic mass is 35.5. The van der Waals surface area contributed by atoms with E-state index >= 15 is 0 Å². The summed E-state index contributed by atoms with van der Waals surface area (Å²) in [5.41, 5.74) is 5.92. The SMILES string of the molecule is O=C(Cc1ccc(Cl)nc1)NNC(=S)NC(=O)c1ccc(Cl)cc1. The highest BCUT2D eigenvalue weighted by Gasteiger charge is 2.09. The van der Waals surface area contributed by atoms with Gasteiger partial charge in [-0.2, -0.15) is 0 Å². The Morgan fingerprint density at radius 3 is 2.38 bits per heavy atom. The summed E-state index contributed by atoms with van der Waals surface area (Å²) in [6, 6.07) is 9.59. The van der Waals surface area contributed by atoms with Crippen LogP contribution in [0.5, 0.6) is 0 Å². The largest absolute Gasteiger partial charge is 0.298 e. The van der Waals surface area contributed by atoms with Crippen molar-refractivity contribution in [2.45, 2.75) is 6.42 Å². The molecule has 1 heterocycles. The lowest BCUT2D eigenvalue weighted by Crippen LogP contribution is -2.48. The van der Waals surface area contributed by atoms with Crippen molar-refractivity contribution in [3.63, 3.8) is 0 Å². The number of hydrogen-bond acceptors (Lipinski definition) is 4. The Balaban J connectivity index is 1.78. The minimum absolute atomic E-state index is 0.0301. The van der Waals surface area contributed by atoms with Crippen LogP contribution in [-0.2, 0) is 11.2 Å². The molecular formula is C15H12Cl2N4O2S. The van der Waals surface area contributed by atoms with E-state index in [-0.39, 0.29) is 17.4 Å². The predicted molar refractivity (Wildman–Crippen MR) is 95.7 cm³/mol. The zero-order chi connectivity index (χ0) is 17.5. The van der Waals surface area contributed by atoms with Gasteiger partial charge in [-0.05, 0) is 48.1 Å². The van der Waals surface area contributed by atoms with Crippen molar-refractivity contribution in [3.05, 3.63) is 63.9 Å². The van der Waals surface area contributed by atoms with Crippen LogP contribution in [0, 0.1) is 0 Å². The summed E-state index contributed by atoms with van der Waals surface area (Å²) in [4.78, 5) is 27.6. The molecule has 0 aliphatic rings. The molecule has 1 aromatic heterocycles. The number of carbonyl (C=O) groups is 2. The zero-order valence-corrected chi connectivity index (χ0v) is 14.5. The first-order valence-corrected chi connectivity index (χ1v) is 7.86. The van der Waals surface area contributed by atoms with Crippen LogP contribution in [0.3, 0.4) is 0 Å². The number of amides is 2. The molecule has 0 radical (unpaired) electrons. The van der Waals surface area contributed by atoms with E-state index in [0.29, 0.717) is 21.3 Å². The minimum atomic E-state index is -0.416. The van der Waals surface area contributed by atoms with Crippen molar-refractivity contribution in [1.82, 2.24) is 21.2 Å². The van der Waals surface area contributed by atoms with Gasteiger partial charge in [0.1, 0.15) is 5.15 Å². The summed E-state index contributed by atoms with van der Waals surface area (Å²) in [6.07, 6.45) is 1.59. The summed E-state index contributed by atoms with van der Waals surface area (Å²) in [6.45, 7) is 0. The Labute approximate surface area is 153 Å². The van der Waals surface area contributed by atoms with E-state index in [0.717, 1.165) is 0 Å². The van der Waals surface area contributed by atoms with Crippen molar-refractivity contribution < 1.29 is 9.59 Å². The number of pyridine rings is 1. The number of benzene rings is 1.